The van der Waals surface area contributed by atoms with Gasteiger partial charge in [-0.2, -0.15) is 0 Å². The summed E-state index contributed by atoms with van der Waals surface area (Å²) in [7, 11) is 1.56. The molecule has 2 unspecified atom stereocenters. The van der Waals surface area contributed by atoms with Gasteiger partial charge in [0.25, 0.3) is 5.91 Å². The fourth-order valence-electron chi connectivity index (χ4n) is 1.69. The number of hydrogen-bond acceptors (Lipinski definition) is 3. The number of fused-ring (bicyclic) bond motifs is 1. The highest BCUT2D eigenvalue weighted by molar-refractivity contribution is 5.94. The molecule has 0 spiro atoms. The van der Waals surface area contributed by atoms with E-state index in [0.29, 0.717) is 6.67 Å². The van der Waals surface area contributed by atoms with Crippen molar-refractivity contribution < 1.29 is 9.53 Å². The molecule has 3 heterocycles. The van der Waals surface area contributed by atoms with Crippen LogP contribution in [-0.2, 0) is 9.53 Å². The van der Waals surface area contributed by atoms with E-state index in [1.165, 1.54) is 0 Å². The van der Waals surface area contributed by atoms with Crippen molar-refractivity contribution in [3.8, 4) is 0 Å². The molecule has 0 aromatic heterocycles. The van der Waals surface area contributed by atoms with E-state index in [-0.39, 0.29) is 11.9 Å². The van der Waals surface area contributed by atoms with Crippen molar-refractivity contribution in [2.45, 2.75) is 18.7 Å². The van der Waals surface area contributed by atoms with E-state index in [9.17, 15) is 4.79 Å². The van der Waals surface area contributed by atoms with Crippen molar-refractivity contribution in [2.24, 2.45) is 0 Å². The van der Waals surface area contributed by atoms with E-state index in [4.69, 9.17) is 4.74 Å². The van der Waals surface area contributed by atoms with Crippen molar-refractivity contribution in [1.29, 1.82) is 0 Å². The molecule has 4 heteroatoms. The Kier molecular flexibility index (Phi) is 0.928. The zero-order valence-corrected chi connectivity index (χ0v) is 6.05. The molecule has 3 aliphatic heterocycles. The summed E-state index contributed by atoms with van der Waals surface area (Å²) in [6, 6.07) is 0.199. The molecule has 3 fully saturated rings. The SMILES string of the molecule is COC12NCN(C1=O)C2C. The van der Waals surface area contributed by atoms with Crippen LogP contribution >= 0.6 is 0 Å². The maximum absolute atomic E-state index is 11.1. The standard InChI is InChI=1S/C6H10N2O2/c1-4-6(10-2)5(9)8(4)3-7-6/h4,7H,3H2,1-2H3. The molecule has 4 nitrogen and oxygen atoms in total. The van der Waals surface area contributed by atoms with E-state index in [1.807, 2.05) is 6.92 Å². The van der Waals surface area contributed by atoms with Crippen LogP contribution in [0.25, 0.3) is 0 Å². The second kappa shape index (κ2) is 1.52. The average molecular weight is 142 g/mol. The number of nitrogens with zero attached hydrogens (tertiary/aromatic N) is 1. The largest absolute Gasteiger partial charge is 0.353 e. The molecule has 3 aliphatic rings. The van der Waals surface area contributed by atoms with E-state index >= 15 is 0 Å². The van der Waals surface area contributed by atoms with Crippen LogP contribution in [0.4, 0.5) is 0 Å². The van der Waals surface area contributed by atoms with Gasteiger partial charge in [-0.05, 0) is 6.92 Å². The fraction of sp³-hybridized carbons (Fsp3) is 0.833. The van der Waals surface area contributed by atoms with Crippen molar-refractivity contribution in [3.63, 3.8) is 0 Å². The third-order valence-corrected chi connectivity index (χ3v) is 2.47. The van der Waals surface area contributed by atoms with E-state index in [1.54, 1.807) is 12.0 Å². The minimum atomic E-state index is -0.667. The van der Waals surface area contributed by atoms with Crippen molar-refractivity contribution in [1.82, 2.24) is 10.2 Å². The third kappa shape index (κ3) is 0.374. The quantitative estimate of drug-likeness (QED) is 0.483. The lowest BCUT2D eigenvalue weighted by atomic mass is 9.96. The summed E-state index contributed by atoms with van der Waals surface area (Å²) < 4.78 is 5.09. The highest BCUT2D eigenvalue weighted by Gasteiger charge is 2.64. The zero-order valence-electron chi connectivity index (χ0n) is 6.05. The summed E-state index contributed by atoms with van der Waals surface area (Å²) in [5.41, 5.74) is -0.667. The number of carbonyl (C=O) groups is 1. The lowest BCUT2D eigenvalue weighted by Gasteiger charge is -2.42. The van der Waals surface area contributed by atoms with Gasteiger partial charge in [0, 0.05) is 7.11 Å². The number of β-lactam (4-membered cyclic amide) rings is 1. The molecule has 1 amide bonds. The van der Waals surface area contributed by atoms with Gasteiger partial charge in [0.15, 0.2) is 0 Å². The van der Waals surface area contributed by atoms with Crippen LogP contribution < -0.4 is 5.32 Å². The van der Waals surface area contributed by atoms with Crippen LogP contribution in [0.15, 0.2) is 0 Å². The van der Waals surface area contributed by atoms with E-state index in [0.717, 1.165) is 0 Å². The molecule has 0 aromatic rings. The summed E-state index contributed by atoms with van der Waals surface area (Å²) in [6.07, 6.45) is 0. The number of methoxy groups -OCH3 is 1. The maximum atomic E-state index is 11.1. The monoisotopic (exact) mass is 142 g/mol. The maximum Gasteiger partial charge on any atom is 0.273 e. The second-order valence-corrected chi connectivity index (χ2v) is 2.73. The van der Waals surface area contributed by atoms with Gasteiger partial charge in [0.1, 0.15) is 0 Å². The van der Waals surface area contributed by atoms with Crippen LogP contribution in [0.1, 0.15) is 6.92 Å². The van der Waals surface area contributed by atoms with E-state index < -0.39 is 5.72 Å². The predicted octanol–water partition coefficient (Wildman–Crippen LogP) is -0.880. The molecule has 3 rings (SSSR count). The van der Waals surface area contributed by atoms with Gasteiger partial charge in [0.2, 0.25) is 5.72 Å². The lowest BCUT2D eigenvalue weighted by molar-refractivity contribution is -0.178. The highest BCUT2D eigenvalue weighted by atomic mass is 16.5. The van der Waals surface area contributed by atoms with Crippen molar-refractivity contribution in [2.75, 3.05) is 13.8 Å². The Labute approximate surface area is 59.1 Å². The first-order chi connectivity index (χ1) is 4.72. The first kappa shape index (κ1) is 6.12. The molecule has 10 heavy (non-hydrogen) atoms. The average Bonchev–Trinajstić information content (AvgIpc) is 2.45. The summed E-state index contributed by atoms with van der Waals surface area (Å²) in [5, 5.41) is 3.01. The Balaban J connectivity index is 2.30. The van der Waals surface area contributed by atoms with Crippen LogP contribution in [0, 0.1) is 0 Å². The van der Waals surface area contributed by atoms with Crippen LogP contribution in [-0.4, -0.2) is 36.4 Å². The van der Waals surface area contributed by atoms with E-state index in [2.05, 4.69) is 5.32 Å². The second-order valence-electron chi connectivity index (χ2n) is 2.73. The number of hydrogen-bond donors (Lipinski definition) is 1. The molecule has 2 bridgehead atoms. The third-order valence-electron chi connectivity index (χ3n) is 2.47. The smallest absolute Gasteiger partial charge is 0.273 e. The van der Waals surface area contributed by atoms with Gasteiger partial charge in [-0.1, -0.05) is 0 Å². The van der Waals surface area contributed by atoms with Gasteiger partial charge in [0.05, 0.1) is 12.7 Å². The van der Waals surface area contributed by atoms with Gasteiger partial charge < -0.3 is 9.64 Å². The van der Waals surface area contributed by atoms with Gasteiger partial charge in [-0.3, -0.25) is 10.1 Å². The number of amides is 1. The van der Waals surface area contributed by atoms with Crippen molar-refractivity contribution >= 4 is 5.91 Å². The Morgan fingerprint density at radius 2 is 2.60 bits per heavy atom. The minimum absolute atomic E-state index is 0.0718. The first-order valence-electron chi connectivity index (χ1n) is 3.33. The molecular formula is C6H10N2O2. The lowest BCUT2D eigenvalue weighted by Crippen LogP contribution is -2.69. The molecule has 1 N–H and O–H groups in total. The predicted molar refractivity (Wildman–Crippen MR) is 34.1 cm³/mol. The fourth-order valence-corrected chi connectivity index (χ4v) is 1.69. The highest BCUT2D eigenvalue weighted by Crippen LogP contribution is 2.36. The van der Waals surface area contributed by atoms with Crippen LogP contribution in [0.3, 0.4) is 0 Å². The molecule has 0 radical (unpaired) electrons. The Morgan fingerprint density at radius 1 is 1.90 bits per heavy atom. The Bertz CT molecular complexity index is 194. The number of ether oxygens (including phenoxy) is 1. The number of nitrogens with one attached hydrogen (secondary N) is 1. The van der Waals surface area contributed by atoms with Gasteiger partial charge >= 0.3 is 0 Å². The molecule has 0 aliphatic carbocycles. The minimum Gasteiger partial charge on any atom is -0.353 e. The first-order valence-corrected chi connectivity index (χ1v) is 3.33. The summed E-state index contributed by atoms with van der Waals surface area (Å²) >= 11 is 0. The van der Waals surface area contributed by atoms with Gasteiger partial charge in [-0.25, -0.2) is 0 Å². The number of carbonyl (C=O) groups excluding carboxylic acids is 1. The molecule has 2 atom stereocenters. The van der Waals surface area contributed by atoms with Gasteiger partial charge in [-0.15, -0.1) is 0 Å². The summed E-state index contributed by atoms with van der Waals surface area (Å²) in [6.45, 7) is 2.61. The number of rotatable bonds is 1. The normalized spacial score (nSPS) is 44.0. The zero-order chi connectivity index (χ0) is 7.35. The molecule has 0 aromatic carbocycles. The molecule has 0 saturated carbocycles. The topological polar surface area (TPSA) is 41.6 Å². The Morgan fingerprint density at radius 3 is 2.80 bits per heavy atom. The van der Waals surface area contributed by atoms with Crippen molar-refractivity contribution in [3.05, 3.63) is 0 Å². The van der Waals surface area contributed by atoms with Crippen LogP contribution in [0.5, 0.6) is 0 Å². The molecular weight excluding hydrogens is 132 g/mol. The Hall–Kier alpha value is -0.610. The summed E-state index contributed by atoms with van der Waals surface area (Å²) in [5.74, 6) is 0.0718. The molecule has 3 saturated heterocycles. The van der Waals surface area contributed by atoms with Crippen LogP contribution in [0.2, 0.25) is 0 Å². The molecule has 56 valence electrons. The summed E-state index contributed by atoms with van der Waals surface area (Å²) in [4.78, 5) is 12.9.